The molecule has 0 unspecified atom stereocenters. The topological polar surface area (TPSA) is 3.24 Å². The Labute approximate surface area is 382 Å². The van der Waals surface area contributed by atoms with E-state index in [1.54, 1.807) is 6.08 Å². The van der Waals surface area contributed by atoms with Crippen molar-refractivity contribution in [3.05, 3.63) is 284 Å². The second kappa shape index (κ2) is 22.4. The number of nitrogens with zero attached hydrogens (tertiary/aromatic N) is 1. The van der Waals surface area contributed by atoms with Crippen LogP contribution in [0.3, 0.4) is 0 Å². The summed E-state index contributed by atoms with van der Waals surface area (Å²) in [5, 5.41) is 0. The van der Waals surface area contributed by atoms with Gasteiger partial charge in [0.05, 0.1) is 0 Å². The van der Waals surface area contributed by atoms with Gasteiger partial charge in [-0.25, -0.2) is 0 Å². The first kappa shape index (κ1) is 44.3. The normalized spacial score (nSPS) is 11.8. The van der Waals surface area contributed by atoms with Gasteiger partial charge in [-0.15, -0.1) is 0 Å². The average molecular weight is 828 g/mol. The molecule has 314 valence electrons. The number of aryl methyl sites for hydroxylation is 3. The van der Waals surface area contributed by atoms with Crippen LogP contribution in [-0.2, 0) is 0 Å². The summed E-state index contributed by atoms with van der Waals surface area (Å²) >= 11 is 0. The van der Waals surface area contributed by atoms with Crippen LogP contribution >= 0.6 is 0 Å². The molecule has 1 aliphatic rings. The molecule has 64 heavy (non-hydrogen) atoms. The highest BCUT2D eigenvalue weighted by Gasteiger charge is 2.14. The Balaban J connectivity index is 0.000000189. The van der Waals surface area contributed by atoms with E-state index in [2.05, 4.69) is 251 Å². The number of anilines is 3. The zero-order valence-electron chi connectivity index (χ0n) is 37.4. The van der Waals surface area contributed by atoms with Crippen molar-refractivity contribution < 1.29 is 0 Å². The summed E-state index contributed by atoms with van der Waals surface area (Å²) in [6, 6.07) is 73.0. The van der Waals surface area contributed by atoms with Crippen LogP contribution in [-0.4, -0.2) is 0 Å². The molecule has 1 nitrogen and oxygen atoms in total. The number of hydrogen-bond donors (Lipinski definition) is 0. The van der Waals surface area contributed by atoms with Crippen molar-refractivity contribution in [3.63, 3.8) is 0 Å². The molecule has 0 saturated carbocycles. The molecule has 9 rings (SSSR count). The lowest BCUT2D eigenvalue weighted by Crippen LogP contribution is -2.09. The second-order valence-electron chi connectivity index (χ2n) is 16.0. The van der Waals surface area contributed by atoms with Gasteiger partial charge in [0.15, 0.2) is 0 Å². The number of allylic oxidation sites excluding steroid dienone is 8. The number of rotatable bonds is 10. The smallest absolute Gasteiger partial charge is 0.0462 e. The fourth-order valence-corrected chi connectivity index (χ4v) is 7.59. The maximum Gasteiger partial charge on any atom is 0.0462 e. The van der Waals surface area contributed by atoms with Gasteiger partial charge < -0.3 is 4.90 Å². The largest absolute Gasteiger partial charge is 0.311 e. The summed E-state index contributed by atoms with van der Waals surface area (Å²) in [7, 11) is 0. The molecule has 1 aliphatic carbocycles. The van der Waals surface area contributed by atoms with Gasteiger partial charge in [-0.2, -0.15) is 0 Å². The highest BCUT2D eigenvalue weighted by molar-refractivity contribution is 5.82. The van der Waals surface area contributed by atoms with E-state index in [0.29, 0.717) is 0 Å². The molecule has 0 atom stereocenters. The minimum atomic E-state index is 1.05. The van der Waals surface area contributed by atoms with Gasteiger partial charge in [-0.3, -0.25) is 0 Å². The molecular formula is C63H57N. The Morgan fingerprint density at radius 2 is 0.766 bits per heavy atom. The van der Waals surface area contributed by atoms with Crippen molar-refractivity contribution >= 4 is 28.2 Å². The molecule has 0 amide bonds. The Hall–Kier alpha value is -7.74. The Kier molecular flexibility index (Phi) is 15.5. The predicted octanol–water partition coefficient (Wildman–Crippen LogP) is 17.9. The molecular weight excluding hydrogens is 771 g/mol. The van der Waals surface area contributed by atoms with E-state index in [0.717, 1.165) is 28.2 Å². The van der Waals surface area contributed by atoms with E-state index >= 15 is 0 Å². The standard InChI is InChI=1S/C37H31N.C13H14.C13H12/c1-4-9-29(5-2)31-16-22-35(23-17-31)38(36-24-18-33(19-25-36)30-10-7-6-8-11-30)37-26-20-34(21-27-37)32-14-12-28(3)13-15-32;2*1-11-7-9-13(10-8-11)12-5-3-2-4-6-12/h4-27H,1-2H2,3H3;3,5-10H,2,4H2,1H3;2-10H,1H3/b29-9+;;. The minimum absolute atomic E-state index is 1.05. The highest BCUT2D eigenvalue weighted by Crippen LogP contribution is 2.37. The van der Waals surface area contributed by atoms with Gasteiger partial charge in [-0.1, -0.05) is 236 Å². The lowest BCUT2D eigenvalue weighted by atomic mass is 9.99. The van der Waals surface area contributed by atoms with Gasteiger partial charge >= 0.3 is 0 Å². The predicted molar refractivity (Wildman–Crippen MR) is 279 cm³/mol. The SMILES string of the molecule is C=C/C=C(\C=C)c1ccc(N(c2ccc(-c3ccccc3)cc2)c2ccc(-c3ccc(C)cc3)cc2)cc1.Cc1ccc(-c2ccccc2)cc1.Cc1ccc(C2=CCCC=C2)cc1. The van der Waals surface area contributed by atoms with Crippen LogP contribution in [0.4, 0.5) is 17.1 Å². The van der Waals surface area contributed by atoms with E-state index in [-0.39, 0.29) is 0 Å². The Bertz CT molecular complexity index is 2790. The molecule has 0 spiro atoms. The first-order valence-corrected chi connectivity index (χ1v) is 22.1. The van der Waals surface area contributed by atoms with Crippen molar-refractivity contribution in [3.8, 4) is 33.4 Å². The third kappa shape index (κ3) is 12.0. The van der Waals surface area contributed by atoms with Gasteiger partial charge in [-0.05, 0) is 126 Å². The van der Waals surface area contributed by atoms with E-state index in [4.69, 9.17) is 0 Å². The van der Waals surface area contributed by atoms with Crippen LogP contribution in [0.25, 0.3) is 44.5 Å². The monoisotopic (exact) mass is 827 g/mol. The summed E-state index contributed by atoms with van der Waals surface area (Å²) in [6.45, 7) is 14.1. The van der Waals surface area contributed by atoms with Crippen LogP contribution in [0.5, 0.6) is 0 Å². The second-order valence-corrected chi connectivity index (χ2v) is 16.0. The summed E-state index contributed by atoms with van der Waals surface area (Å²) in [4.78, 5) is 2.29. The first-order valence-electron chi connectivity index (χ1n) is 22.1. The number of benzene rings is 8. The lowest BCUT2D eigenvalue weighted by Gasteiger charge is -2.26. The van der Waals surface area contributed by atoms with Gasteiger partial charge in [0, 0.05) is 17.1 Å². The van der Waals surface area contributed by atoms with E-state index in [1.165, 1.54) is 74.0 Å². The summed E-state index contributed by atoms with van der Waals surface area (Å²) in [6.07, 6.45) is 14.8. The highest BCUT2D eigenvalue weighted by atomic mass is 15.1. The minimum Gasteiger partial charge on any atom is -0.311 e. The molecule has 8 aromatic rings. The molecule has 8 aromatic carbocycles. The number of hydrogen-bond acceptors (Lipinski definition) is 1. The van der Waals surface area contributed by atoms with Gasteiger partial charge in [0.1, 0.15) is 0 Å². The van der Waals surface area contributed by atoms with E-state index in [1.807, 2.05) is 24.3 Å². The fourth-order valence-electron chi connectivity index (χ4n) is 7.59. The molecule has 0 aliphatic heterocycles. The van der Waals surface area contributed by atoms with Crippen molar-refractivity contribution in [2.24, 2.45) is 0 Å². The quantitative estimate of drug-likeness (QED) is 0.124. The summed E-state index contributed by atoms with van der Waals surface area (Å²) in [5.74, 6) is 0. The van der Waals surface area contributed by atoms with Crippen molar-refractivity contribution in [1.82, 2.24) is 0 Å². The summed E-state index contributed by atoms with van der Waals surface area (Å²) in [5.41, 5.74) is 19.4. The average Bonchev–Trinajstić information content (AvgIpc) is 3.36. The molecule has 0 saturated heterocycles. The molecule has 1 heteroatoms. The zero-order valence-corrected chi connectivity index (χ0v) is 37.4. The van der Waals surface area contributed by atoms with E-state index < -0.39 is 0 Å². The fraction of sp³-hybridized carbons (Fsp3) is 0.0794. The molecule has 0 aromatic heterocycles. The molecule has 0 N–H and O–H groups in total. The van der Waals surface area contributed by atoms with Crippen LogP contribution < -0.4 is 4.90 Å². The van der Waals surface area contributed by atoms with Crippen molar-refractivity contribution in [2.75, 3.05) is 4.90 Å². The maximum absolute atomic E-state index is 3.95. The molecule has 0 bridgehead atoms. The molecule has 0 radical (unpaired) electrons. The molecule has 0 fully saturated rings. The third-order valence-electron chi connectivity index (χ3n) is 11.3. The van der Waals surface area contributed by atoms with Crippen molar-refractivity contribution in [1.29, 1.82) is 0 Å². The van der Waals surface area contributed by atoms with Crippen molar-refractivity contribution in [2.45, 2.75) is 33.6 Å². The first-order chi connectivity index (χ1) is 31.4. The third-order valence-corrected chi connectivity index (χ3v) is 11.3. The molecule has 0 heterocycles. The van der Waals surface area contributed by atoms with Crippen LogP contribution in [0.15, 0.2) is 256 Å². The van der Waals surface area contributed by atoms with Gasteiger partial charge in [0.2, 0.25) is 0 Å². The Morgan fingerprint density at radius 3 is 1.12 bits per heavy atom. The van der Waals surface area contributed by atoms with E-state index in [9.17, 15) is 0 Å². The van der Waals surface area contributed by atoms with Crippen LogP contribution in [0, 0.1) is 20.8 Å². The summed E-state index contributed by atoms with van der Waals surface area (Å²) < 4.78 is 0. The van der Waals surface area contributed by atoms with Gasteiger partial charge in [0.25, 0.3) is 0 Å². The maximum atomic E-state index is 3.95. The zero-order chi connectivity index (χ0) is 44.5. The Morgan fingerprint density at radius 1 is 0.406 bits per heavy atom. The van der Waals surface area contributed by atoms with Crippen LogP contribution in [0.2, 0.25) is 0 Å². The van der Waals surface area contributed by atoms with Crippen LogP contribution in [0.1, 0.15) is 40.7 Å². The lowest BCUT2D eigenvalue weighted by molar-refractivity contribution is 1.04.